The molecule has 20 heavy (non-hydrogen) atoms. The highest BCUT2D eigenvalue weighted by molar-refractivity contribution is 9.10. The predicted molar refractivity (Wildman–Crippen MR) is 85.6 cm³/mol. The smallest absolute Gasteiger partial charge is 0.224 e. The van der Waals surface area contributed by atoms with Gasteiger partial charge in [0, 0.05) is 11.0 Å². The van der Waals surface area contributed by atoms with Crippen molar-refractivity contribution in [1.29, 1.82) is 0 Å². The normalized spacial score (nSPS) is 10.3. The molecule has 0 fully saturated rings. The molecule has 0 unspecified atom stereocenters. The molecule has 0 aliphatic heterocycles. The van der Waals surface area contributed by atoms with Gasteiger partial charge in [-0.1, -0.05) is 51.8 Å². The summed E-state index contributed by atoms with van der Waals surface area (Å²) in [6.45, 7) is 4.64. The zero-order valence-electron chi connectivity index (χ0n) is 11.7. The molecule has 0 saturated heterocycles. The Labute approximate surface area is 128 Å². The number of hydrogen-bond acceptors (Lipinski definition) is 1. The van der Waals surface area contributed by atoms with Crippen LogP contribution in [0.5, 0.6) is 0 Å². The molecule has 2 aromatic carbocycles. The van der Waals surface area contributed by atoms with E-state index in [1.165, 1.54) is 5.56 Å². The number of nitrogens with one attached hydrogen (secondary N) is 1. The zero-order valence-corrected chi connectivity index (χ0v) is 13.3. The summed E-state index contributed by atoms with van der Waals surface area (Å²) in [5.41, 5.74) is 4.53. The Morgan fingerprint density at radius 1 is 1.15 bits per heavy atom. The first-order valence-electron chi connectivity index (χ1n) is 6.62. The van der Waals surface area contributed by atoms with E-state index < -0.39 is 0 Å². The molecule has 0 atom stereocenters. The molecule has 0 saturated carbocycles. The summed E-state index contributed by atoms with van der Waals surface area (Å²) >= 11 is 3.43. The largest absolute Gasteiger partial charge is 0.352 e. The van der Waals surface area contributed by atoms with Crippen molar-refractivity contribution >= 4 is 21.8 Å². The minimum atomic E-state index is 0.0543. The van der Waals surface area contributed by atoms with Gasteiger partial charge in [0.15, 0.2) is 0 Å². The fourth-order valence-electron chi connectivity index (χ4n) is 2.07. The summed E-state index contributed by atoms with van der Waals surface area (Å²) in [7, 11) is 0. The minimum absolute atomic E-state index is 0.0543. The van der Waals surface area contributed by atoms with E-state index in [2.05, 4.69) is 39.4 Å². The molecule has 3 heteroatoms. The van der Waals surface area contributed by atoms with Gasteiger partial charge in [0.25, 0.3) is 0 Å². The molecular formula is C17H18BrNO. The van der Waals surface area contributed by atoms with Crippen LogP contribution in [-0.4, -0.2) is 5.91 Å². The number of aryl methyl sites for hydroxylation is 2. The van der Waals surface area contributed by atoms with Crippen LogP contribution in [0.25, 0.3) is 0 Å². The maximum atomic E-state index is 12.0. The number of halogens is 1. The second-order valence-electron chi connectivity index (χ2n) is 5.01. The molecule has 2 aromatic rings. The predicted octanol–water partition coefficient (Wildman–Crippen LogP) is 3.92. The van der Waals surface area contributed by atoms with Gasteiger partial charge in [-0.05, 0) is 42.7 Å². The van der Waals surface area contributed by atoms with Gasteiger partial charge >= 0.3 is 0 Å². The van der Waals surface area contributed by atoms with E-state index in [-0.39, 0.29) is 5.91 Å². The van der Waals surface area contributed by atoms with E-state index in [0.29, 0.717) is 13.0 Å². The monoisotopic (exact) mass is 331 g/mol. The second kappa shape index (κ2) is 6.71. The van der Waals surface area contributed by atoms with Crippen LogP contribution in [0.4, 0.5) is 0 Å². The molecule has 0 aromatic heterocycles. The van der Waals surface area contributed by atoms with Crippen LogP contribution in [0.2, 0.25) is 0 Å². The molecule has 0 heterocycles. The summed E-state index contributed by atoms with van der Waals surface area (Å²) < 4.78 is 1.03. The van der Waals surface area contributed by atoms with Crippen molar-refractivity contribution in [3.63, 3.8) is 0 Å². The Balaban J connectivity index is 1.94. The first-order chi connectivity index (χ1) is 9.54. The molecule has 0 bridgehead atoms. The minimum Gasteiger partial charge on any atom is -0.352 e. The van der Waals surface area contributed by atoms with Crippen LogP contribution in [0, 0.1) is 13.8 Å². The maximum Gasteiger partial charge on any atom is 0.224 e. The van der Waals surface area contributed by atoms with Crippen molar-refractivity contribution in [1.82, 2.24) is 5.32 Å². The van der Waals surface area contributed by atoms with E-state index in [1.807, 2.05) is 38.1 Å². The molecule has 2 rings (SSSR count). The van der Waals surface area contributed by atoms with Crippen LogP contribution in [0.3, 0.4) is 0 Å². The molecule has 0 spiro atoms. The van der Waals surface area contributed by atoms with Crippen molar-refractivity contribution in [3.8, 4) is 0 Å². The molecule has 0 aliphatic carbocycles. The second-order valence-corrected chi connectivity index (χ2v) is 5.93. The molecule has 1 amide bonds. The number of carbonyl (C=O) groups is 1. The average Bonchev–Trinajstić information content (AvgIpc) is 2.41. The summed E-state index contributed by atoms with van der Waals surface area (Å²) in [5, 5.41) is 2.96. The average molecular weight is 332 g/mol. The number of amides is 1. The number of rotatable bonds is 4. The maximum absolute atomic E-state index is 12.0. The van der Waals surface area contributed by atoms with Gasteiger partial charge in [0.2, 0.25) is 5.91 Å². The lowest BCUT2D eigenvalue weighted by Gasteiger charge is -2.09. The van der Waals surface area contributed by atoms with Crippen molar-refractivity contribution in [2.45, 2.75) is 26.8 Å². The van der Waals surface area contributed by atoms with Crippen LogP contribution in [-0.2, 0) is 17.8 Å². The Kier molecular flexibility index (Phi) is 4.96. The summed E-state index contributed by atoms with van der Waals surface area (Å²) in [5.74, 6) is 0.0543. The van der Waals surface area contributed by atoms with Gasteiger partial charge in [-0.3, -0.25) is 4.79 Å². The zero-order chi connectivity index (χ0) is 14.5. The van der Waals surface area contributed by atoms with E-state index in [9.17, 15) is 4.79 Å². The third kappa shape index (κ3) is 4.20. The fourth-order valence-corrected chi connectivity index (χ4v) is 2.52. The van der Waals surface area contributed by atoms with Crippen molar-refractivity contribution < 1.29 is 4.79 Å². The Morgan fingerprint density at radius 3 is 2.70 bits per heavy atom. The topological polar surface area (TPSA) is 29.1 Å². The van der Waals surface area contributed by atoms with E-state index in [4.69, 9.17) is 0 Å². The molecule has 0 aliphatic rings. The lowest BCUT2D eigenvalue weighted by molar-refractivity contribution is -0.120. The first kappa shape index (κ1) is 14.8. The number of carbonyl (C=O) groups excluding carboxylic acids is 1. The van der Waals surface area contributed by atoms with E-state index in [0.717, 1.165) is 21.2 Å². The molecule has 2 nitrogen and oxygen atoms in total. The van der Waals surface area contributed by atoms with Gasteiger partial charge in [-0.25, -0.2) is 0 Å². The van der Waals surface area contributed by atoms with Crippen LogP contribution < -0.4 is 5.32 Å². The van der Waals surface area contributed by atoms with E-state index in [1.54, 1.807) is 0 Å². The van der Waals surface area contributed by atoms with Gasteiger partial charge in [-0.15, -0.1) is 0 Å². The lowest BCUT2D eigenvalue weighted by Crippen LogP contribution is -2.24. The molecular weight excluding hydrogens is 314 g/mol. The fraction of sp³-hybridized carbons (Fsp3) is 0.235. The quantitative estimate of drug-likeness (QED) is 0.903. The van der Waals surface area contributed by atoms with Crippen LogP contribution >= 0.6 is 15.9 Å². The van der Waals surface area contributed by atoms with Crippen molar-refractivity contribution in [3.05, 3.63) is 69.2 Å². The SMILES string of the molecule is Cc1ccc(C)c(CC(=O)NCc2cccc(Br)c2)c1. The van der Waals surface area contributed by atoms with Crippen molar-refractivity contribution in [2.75, 3.05) is 0 Å². The Bertz CT molecular complexity index is 622. The summed E-state index contributed by atoms with van der Waals surface area (Å²) in [6, 6.07) is 14.2. The highest BCUT2D eigenvalue weighted by Gasteiger charge is 2.06. The van der Waals surface area contributed by atoms with Gasteiger partial charge in [0.1, 0.15) is 0 Å². The van der Waals surface area contributed by atoms with Crippen molar-refractivity contribution in [2.24, 2.45) is 0 Å². The van der Waals surface area contributed by atoms with Gasteiger partial charge < -0.3 is 5.32 Å². The molecule has 1 N–H and O–H groups in total. The van der Waals surface area contributed by atoms with E-state index >= 15 is 0 Å². The number of benzene rings is 2. The molecule has 0 radical (unpaired) electrons. The number of hydrogen-bond donors (Lipinski definition) is 1. The lowest BCUT2D eigenvalue weighted by atomic mass is 10.0. The highest BCUT2D eigenvalue weighted by atomic mass is 79.9. The Hall–Kier alpha value is -1.61. The molecule has 104 valence electrons. The third-order valence-electron chi connectivity index (χ3n) is 3.23. The van der Waals surface area contributed by atoms with Gasteiger partial charge in [0.05, 0.1) is 6.42 Å². The summed E-state index contributed by atoms with van der Waals surface area (Å²) in [4.78, 5) is 12.0. The highest BCUT2D eigenvalue weighted by Crippen LogP contribution is 2.13. The standard InChI is InChI=1S/C17H18BrNO/c1-12-6-7-13(2)15(8-12)10-17(20)19-11-14-4-3-5-16(18)9-14/h3-9H,10-11H2,1-2H3,(H,19,20). The Morgan fingerprint density at radius 2 is 1.95 bits per heavy atom. The van der Waals surface area contributed by atoms with Crippen LogP contribution in [0.1, 0.15) is 22.3 Å². The summed E-state index contributed by atoms with van der Waals surface area (Å²) in [6.07, 6.45) is 0.432. The van der Waals surface area contributed by atoms with Crippen LogP contribution in [0.15, 0.2) is 46.9 Å². The third-order valence-corrected chi connectivity index (χ3v) is 3.73. The first-order valence-corrected chi connectivity index (χ1v) is 7.41. The van der Waals surface area contributed by atoms with Gasteiger partial charge in [-0.2, -0.15) is 0 Å².